The average molecular weight is 266 g/mol. The van der Waals surface area contributed by atoms with Crippen LogP contribution in [0, 0.1) is 11.8 Å². The lowest BCUT2D eigenvalue weighted by Gasteiger charge is -2.24. The zero-order valence-electron chi connectivity index (χ0n) is 11.7. The van der Waals surface area contributed by atoms with Crippen LogP contribution in [0.25, 0.3) is 0 Å². The number of hydrogen-bond donors (Lipinski definition) is 2. The molecule has 4 nitrogen and oxygen atoms in total. The predicted octanol–water partition coefficient (Wildman–Crippen LogP) is 1.57. The lowest BCUT2D eigenvalue weighted by molar-refractivity contribution is -0.142. The third-order valence-electron chi connectivity index (χ3n) is 4.20. The third-order valence-corrected chi connectivity index (χ3v) is 4.20. The maximum Gasteiger partial charge on any atom is 0.309 e. The first kappa shape index (κ1) is 14.3. The monoisotopic (exact) mass is 266 g/mol. The molecule has 0 bridgehead atoms. The number of hydrogen-bond acceptors (Lipinski definition) is 4. The van der Waals surface area contributed by atoms with Gasteiger partial charge in [-0.1, -0.05) is 18.6 Å². The fourth-order valence-corrected chi connectivity index (χ4v) is 2.85. The topological polar surface area (TPSA) is 66.8 Å². The van der Waals surface area contributed by atoms with Crippen LogP contribution in [-0.4, -0.2) is 34.5 Å². The molecule has 4 heteroatoms. The number of rotatable bonds is 0. The van der Waals surface area contributed by atoms with Crippen LogP contribution < -0.4 is 0 Å². The van der Waals surface area contributed by atoms with Gasteiger partial charge in [0.15, 0.2) is 0 Å². The van der Waals surface area contributed by atoms with Crippen molar-refractivity contribution in [1.82, 2.24) is 0 Å². The molecule has 1 heterocycles. The highest BCUT2D eigenvalue weighted by molar-refractivity contribution is 5.75. The summed E-state index contributed by atoms with van der Waals surface area (Å²) >= 11 is 0. The summed E-state index contributed by atoms with van der Waals surface area (Å²) in [5.41, 5.74) is 1.84. The van der Waals surface area contributed by atoms with Crippen LogP contribution in [0.5, 0.6) is 0 Å². The van der Waals surface area contributed by atoms with Crippen LogP contribution in [0.15, 0.2) is 23.3 Å². The minimum absolute atomic E-state index is 0.275. The largest absolute Gasteiger partial charge is 0.457 e. The summed E-state index contributed by atoms with van der Waals surface area (Å²) in [6, 6.07) is 0. The zero-order valence-corrected chi connectivity index (χ0v) is 11.7. The number of aliphatic hydroxyl groups excluding tert-OH is 2. The molecule has 1 aliphatic heterocycles. The minimum Gasteiger partial charge on any atom is -0.457 e. The molecule has 0 aromatic carbocycles. The fraction of sp³-hybridized carbons (Fsp3) is 0.667. The molecule has 2 aliphatic rings. The zero-order chi connectivity index (χ0) is 14.2. The van der Waals surface area contributed by atoms with E-state index >= 15 is 0 Å². The van der Waals surface area contributed by atoms with Crippen LogP contribution in [0.4, 0.5) is 0 Å². The van der Waals surface area contributed by atoms with Crippen molar-refractivity contribution in [1.29, 1.82) is 0 Å². The molecule has 2 N–H and O–H groups in total. The summed E-state index contributed by atoms with van der Waals surface area (Å²) in [7, 11) is 0. The third kappa shape index (κ3) is 2.90. The molecular weight excluding hydrogens is 244 g/mol. The first-order valence-corrected chi connectivity index (χ1v) is 6.82. The standard InChI is InChI=1S/C15H22O4/c1-8-4-5-11(16)9(2)7-13-14(12(17)6-8)10(3)15(18)19-13/h6-7,10-14,16-17H,4-5H2,1-3H3/b8-6+,9-7-/t10-,11-,12-,13+,14+/m1/s1. The Hall–Kier alpha value is -1.13. The minimum atomic E-state index is -0.689. The van der Waals surface area contributed by atoms with E-state index in [2.05, 4.69) is 0 Å². The Morgan fingerprint density at radius 1 is 1.26 bits per heavy atom. The molecule has 19 heavy (non-hydrogen) atoms. The summed E-state index contributed by atoms with van der Waals surface area (Å²) in [6.45, 7) is 5.56. The van der Waals surface area contributed by atoms with E-state index in [4.69, 9.17) is 4.74 Å². The number of allylic oxidation sites excluding steroid dienone is 1. The van der Waals surface area contributed by atoms with E-state index in [0.717, 1.165) is 17.6 Å². The van der Waals surface area contributed by atoms with Gasteiger partial charge in [0, 0.05) is 5.92 Å². The second kappa shape index (κ2) is 5.47. The highest BCUT2D eigenvalue weighted by Gasteiger charge is 2.44. The Labute approximate surface area is 113 Å². The van der Waals surface area contributed by atoms with E-state index < -0.39 is 18.3 Å². The molecule has 0 aromatic rings. The van der Waals surface area contributed by atoms with Crippen molar-refractivity contribution in [2.24, 2.45) is 11.8 Å². The molecule has 1 fully saturated rings. The lowest BCUT2D eigenvalue weighted by atomic mass is 9.83. The summed E-state index contributed by atoms with van der Waals surface area (Å²) in [4.78, 5) is 11.7. The number of carbonyl (C=O) groups is 1. The Morgan fingerprint density at radius 3 is 2.63 bits per heavy atom. The number of ether oxygens (including phenoxy) is 1. The quantitative estimate of drug-likeness (QED) is 0.516. The van der Waals surface area contributed by atoms with Crippen molar-refractivity contribution in [3.05, 3.63) is 23.3 Å². The normalized spacial score (nSPS) is 45.5. The molecule has 0 spiro atoms. The van der Waals surface area contributed by atoms with Crippen molar-refractivity contribution in [2.75, 3.05) is 0 Å². The van der Waals surface area contributed by atoms with Crippen LogP contribution in [0.2, 0.25) is 0 Å². The van der Waals surface area contributed by atoms with Gasteiger partial charge in [-0.2, -0.15) is 0 Å². The second-order valence-corrected chi connectivity index (χ2v) is 5.74. The van der Waals surface area contributed by atoms with E-state index in [-0.39, 0.29) is 17.8 Å². The molecule has 5 atom stereocenters. The smallest absolute Gasteiger partial charge is 0.309 e. The number of carbonyl (C=O) groups excluding carboxylic acids is 1. The van der Waals surface area contributed by atoms with Crippen molar-refractivity contribution in [3.8, 4) is 0 Å². The van der Waals surface area contributed by atoms with Crippen molar-refractivity contribution >= 4 is 5.97 Å². The molecule has 0 aromatic heterocycles. The Bertz CT molecular complexity index is 424. The van der Waals surface area contributed by atoms with Crippen LogP contribution in [-0.2, 0) is 9.53 Å². The average Bonchev–Trinajstić information content (AvgIpc) is 2.60. The highest BCUT2D eigenvalue weighted by atomic mass is 16.6. The van der Waals surface area contributed by atoms with Crippen molar-refractivity contribution in [3.63, 3.8) is 0 Å². The molecule has 0 unspecified atom stereocenters. The van der Waals surface area contributed by atoms with Gasteiger partial charge in [-0.05, 0) is 38.3 Å². The first-order valence-electron chi connectivity index (χ1n) is 6.82. The molecule has 1 saturated heterocycles. The molecule has 106 valence electrons. The van der Waals surface area contributed by atoms with Gasteiger partial charge in [0.2, 0.25) is 0 Å². The van der Waals surface area contributed by atoms with Crippen LogP contribution in [0.1, 0.15) is 33.6 Å². The van der Waals surface area contributed by atoms with E-state index in [1.54, 1.807) is 19.1 Å². The molecule has 1 aliphatic carbocycles. The number of aliphatic hydroxyl groups is 2. The van der Waals surface area contributed by atoms with Gasteiger partial charge >= 0.3 is 5.97 Å². The Balaban J connectivity index is 2.36. The molecule has 0 amide bonds. The fourth-order valence-electron chi connectivity index (χ4n) is 2.85. The maximum absolute atomic E-state index is 11.7. The van der Waals surface area contributed by atoms with Crippen molar-refractivity contribution < 1.29 is 19.7 Å². The van der Waals surface area contributed by atoms with Gasteiger partial charge in [0.25, 0.3) is 0 Å². The van der Waals surface area contributed by atoms with Crippen LogP contribution >= 0.6 is 0 Å². The van der Waals surface area contributed by atoms with Gasteiger partial charge in [-0.15, -0.1) is 0 Å². The summed E-state index contributed by atoms with van der Waals surface area (Å²) < 4.78 is 5.32. The SMILES string of the molecule is C/C1=C/[C@@H]2OC(=O)[C@H](C)[C@H]2[C@H](O)/C=C(\C)CC[C@H]1O. The molecule has 2 rings (SSSR count). The number of esters is 1. The summed E-state index contributed by atoms with van der Waals surface area (Å²) in [5.74, 6) is -0.884. The second-order valence-electron chi connectivity index (χ2n) is 5.74. The summed E-state index contributed by atoms with van der Waals surface area (Å²) in [6.07, 6.45) is 3.28. The highest BCUT2D eigenvalue weighted by Crippen LogP contribution is 2.34. The Kier molecular flexibility index (Phi) is 4.11. The predicted molar refractivity (Wildman–Crippen MR) is 71.3 cm³/mol. The van der Waals surface area contributed by atoms with E-state index in [0.29, 0.717) is 6.42 Å². The number of fused-ring (bicyclic) bond motifs is 1. The van der Waals surface area contributed by atoms with Gasteiger partial charge < -0.3 is 14.9 Å². The van der Waals surface area contributed by atoms with Crippen molar-refractivity contribution in [2.45, 2.75) is 51.9 Å². The molecular formula is C15H22O4. The van der Waals surface area contributed by atoms with E-state index in [1.807, 2.05) is 13.8 Å². The van der Waals surface area contributed by atoms with E-state index in [1.165, 1.54) is 0 Å². The Morgan fingerprint density at radius 2 is 1.95 bits per heavy atom. The summed E-state index contributed by atoms with van der Waals surface area (Å²) in [5, 5.41) is 20.3. The van der Waals surface area contributed by atoms with Gasteiger partial charge in [-0.25, -0.2) is 0 Å². The van der Waals surface area contributed by atoms with Crippen LogP contribution in [0.3, 0.4) is 0 Å². The van der Waals surface area contributed by atoms with Gasteiger partial charge in [-0.3, -0.25) is 4.79 Å². The maximum atomic E-state index is 11.7. The van der Waals surface area contributed by atoms with E-state index in [9.17, 15) is 15.0 Å². The lowest BCUT2D eigenvalue weighted by Crippen LogP contribution is -2.31. The first-order chi connectivity index (χ1) is 8.90. The molecule has 0 radical (unpaired) electrons. The van der Waals surface area contributed by atoms with Gasteiger partial charge in [0.1, 0.15) is 6.10 Å². The van der Waals surface area contributed by atoms with Gasteiger partial charge in [0.05, 0.1) is 18.1 Å². The molecule has 0 saturated carbocycles.